The summed E-state index contributed by atoms with van der Waals surface area (Å²) in [5.74, 6) is 2.77. The predicted octanol–water partition coefficient (Wildman–Crippen LogP) is 7.05. The molecule has 2 saturated carbocycles. The van der Waals surface area contributed by atoms with Gasteiger partial charge in [-0.25, -0.2) is 0 Å². The lowest BCUT2D eigenvalue weighted by Gasteiger charge is -2.49. The smallest absolute Gasteiger partial charge is 0.0204 e. The SMILES string of the molecule is CCCC(C)C(C)(CC)N(CC1CCCCC1)CC1CCCCC1. The van der Waals surface area contributed by atoms with Crippen LogP contribution in [0.1, 0.15) is 111 Å². The molecule has 2 atom stereocenters. The number of hydrogen-bond donors (Lipinski definition) is 0. The van der Waals surface area contributed by atoms with Gasteiger partial charge in [0.25, 0.3) is 0 Å². The molecule has 1 nitrogen and oxygen atoms in total. The molecule has 2 unspecified atom stereocenters. The van der Waals surface area contributed by atoms with Crippen molar-refractivity contribution in [3.8, 4) is 0 Å². The second kappa shape index (κ2) is 10.2. The van der Waals surface area contributed by atoms with Gasteiger partial charge >= 0.3 is 0 Å². The van der Waals surface area contributed by atoms with Crippen LogP contribution in [-0.4, -0.2) is 23.5 Å². The molecule has 0 heterocycles. The van der Waals surface area contributed by atoms with E-state index in [4.69, 9.17) is 0 Å². The van der Waals surface area contributed by atoms with E-state index < -0.39 is 0 Å². The monoisotopic (exact) mass is 335 g/mol. The molecule has 0 radical (unpaired) electrons. The summed E-state index contributed by atoms with van der Waals surface area (Å²) < 4.78 is 0. The summed E-state index contributed by atoms with van der Waals surface area (Å²) in [5.41, 5.74) is 0.408. The van der Waals surface area contributed by atoms with Gasteiger partial charge in [-0.15, -0.1) is 0 Å². The second-order valence-electron chi connectivity index (χ2n) is 9.31. The Morgan fingerprint density at radius 2 is 1.29 bits per heavy atom. The Labute approximate surface area is 153 Å². The molecule has 2 aliphatic carbocycles. The number of nitrogens with zero attached hydrogens (tertiary/aromatic N) is 1. The molecule has 0 spiro atoms. The molecule has 0 N–H and O–H groups in total. The molecule has 0 aromatic carbocycles. The summed E-state index contributed by atoms with van der Waals surface area (Å²) in [6.45, 7) is 12.7. The Hall–Kier alpha value is -0.0400. The minimum atomic E-state index is 0.408. The van der Waals surface area contributed by atoms with E-state index in [-0.39, 0.29) is 0 Å². The van der Waals surface area contributed by atoms with Gasteiger partial charge in [0.1, 0.15) is 0 Å². The minimum Gasteiger partial charge on any atom is -0.297 e. The topological polar surface area (TPSA) is 3.24 Å². The highest BCUT2D eigenvalue weighted by molar-refractivity contribution is 4.92. The van der Waals surface area contributed by atoms with E-state index >= 15 is 0 Å². The van der Waals surface area contributed by atoms with Crippen LogP contribution in [0.5, 0.6) is 0 Å². The van der Waals surface area contributed by atoms with Crippen LogP contribution in [0.15, 0.2) is 0 Å². The Morgan fingerprint density at radius 1 is 0.833 bits per heavy atom. The molecular weight excluding hydrogens is 290 g/mol. The molecule has 0 aliphatic heterocycles. The Balaban J connectivity index is 2.08. The van der Waals surface area contributed by atoms with Crippen molar-refractivity contribution < 1.29 is 0 Å². The van der Waals surface area contributed by atoms with Crippen molar-refractivity contribution in [3.05, 3.63) is 0 Å². The fourth-order valence-corrected chi connectivity index (χ4v) is 5.48. The van der Waals surface area contributed by atoms with E-state index in [9.17, 15) is 0 Å². The lowest BCUT2D eigenvalue weighted by atomic mass is 9.77. The van der Waals surface area contributed by atoms with Crippen molar-refractivity contribution >= 4 is 0 Å². The van der Waals surface area contributed by atoms with Crippen LogP contribution in [-0.2, 0) is 0 Å². The van der Waals surface area contributed by atoms with E-state index in [1.54, 1.807) is 0 Å². The first-order valence-corrected chi connectivity index (χ1v) is 11.3. The van der Waals surface area contributed by atoms with E-state index in [1.165, 1.54) is 96.6 Å². The van der Waals surface area contributed by atoms with Crippen molar-refractivity contribution in [2.45, 2.75) is 117 Å². The zero-order valence-electron chi connectivity index (χ0n) is 17.3. The highest BCUT2D eigenvalue weighted by Crippen LogP contribution is 2.36. The van der Waals surface area contributed by atoms with Gasteiger partial charge in [0.05, 0.1) is 0 Å². The molecule has 2 fully saturated rings. The van der Waals surface area contributed by atoms with Gasteiger partial charge in [0.15, 0.2) is 0 Å². The summed E-state index contributed by atoms with van der Waals surface area (Å²) in [5, 5.41) is 0. The zero-order valence-corrected chi connectivity index (χ0v) is 17.3. The van der Waals surface area contributed by atoms with Gasteiger partial charge in [-0.2, -0.15) is 0 Å². The molecule has 2 rings (SSSR count). The van der Waals surface area contributed by atoms with Crippen LogP contribution in [0.25, 0.3) is 0 Å². The fraction of sp³-hybridized carbons (Fsp3) is 1.00. The molecule has 0 amide bonds. The fourth-order valence-electron chi connectivity index (χ4n) is 5.48. The Bertz CT molecular complexity index is 307. The van der Waals surface area contributed by atoms with Gasteiger partial charge in [0.2, 0.25) is 0 Å². The molecule has 24 heavy (non-hydrogen) atoms. The molecule has 0 bridgehead atoms. The normalized spacial score (nSPS) is 24.9. The van der Waals surface area contributed by atoms with Crippen molar-refractivity contribution in [1.29, 1.82) is 0 Å². The number of hydrogen-bond acceptors (Lipinski definition) is 1. The summed E-state index contributed by atoms with van der Waals surface area (Å²) in [6, 6.07) is 0. The van der Waals surface area contributed by atoms with Gasteiger partial charge in [0, 0.05) is 18.6 Å². The maximum absolute atomic E-state index is 3.00. The van der Waals surface area contributed by atoms with E-state index in [1.807, 2.05) is 0 Å². The second-order valence-corrected chi connectivity index (χ2v) is 9.31. The van der Waals surface area contributed by atoms with Crippen molar-refractivity contribution in [2.24, 2.45) is 17.8 Å². The van der Waals surface area contributed by atoms with Crippen LogP contribution in [0.4, 0.5) is 0 Å². The molecule has 0 saturated heterocycles. The molecule has 1 heteroatoms. The first-order valence-electron chi connectivity index (χ1n) is 11.3. The summed E-state index contributed by atoms with van der Waals surface area (Å²) in [7, 11) is 0. The third kappa shape index (κ3) is 5.48. The van der Waals surface area contributed by atoms with Gasteiger partial charge in [-0.1, -0.05) is 65.7 Å². The first kappa shape index (κ1) is 20.3. The summed E-state index contributed by atoms with van der Waals surface area (Å²) >= 11 is 0. The van der Waals surface area contributed by atoms with Gasteiger partial charge in [-0.3, -0.25) is 4.90 Å². The molecular formula is C23H45N. The molecule has 0 aromatic rings. The highest BCUT2D eigenvalue weighted by Gasteiger charge is 2.37. The van der Waals surface area contributed by atoms with E-state index in [2.05, 4.69) is 32.6 Å². The third-order valence-electron chi connectivity index (χ3n) is 7.63. The van der Waals surface area contributed by atoms with Crippen LogP contribution in [0.3, 0.4) is 0 Å². The van der Waals surface area contributed by atoms with Crippen LogP contribution < -0.4 is 0 Å². The van der Waals surface area contributed by atoms with Crippen LogP contribution in [0, 0.1) is 17.8 Å². The minimum absolute atomic E-state index is 0.408. The average Bonchev–Trinajstić information content (AvgIpc) is 2.62. The zero-order chi connectivity index (χ0) is 17.4. The van der Waals surface area contributed by atoms with Crippen molar-refractivity contribution in [1.82, 2.24) is 4.90 Å². The lowest BCUT2D eigenvalue weighted by molar-refractivity contribution is 0.00930. The van der Waals surface area contributed by atoms with Gasteiger partial charge < -0.3 is 0 Å². The average molecular weight is 336 g/mol. The summed E-state index contributed by atoms with van der Waals surface area (Å²) in [6.07, 6.45) is 18.9. The van der Waals surface area contributed by atoms with Crippen molar-refractivity contribution in [3.63, 3.8) is 0 Å². The standard InChI is InChI=1S/C23H45N/c1-5-13-20(3)23(4,6-2)24(18-21-14-9-7-10-15-21)19-22-16-11-8-12-17-22/h20-22H,5-19H2,1-4H3. The largest absolute Gasteiger partial charge is 0.297 e. The maximum atomic E-state index is 3.00. The molecule has 142 valence electrons. The van der Waals surface area contributed by atoms with E-state index in [0.717, 1.165) is 17.8 Å². The Kier molecular flexibility index (Phi) is 8.61. The van der Waals surface area contributed by atoms with E-state index in [0.29, 0.717) is 5.54 Å². The van der Waals surface area contributed by atoms with Gasteiger partial charge in [-0.05, 0) is 63.2 Å². The number of rotatable bonds is 9. The van der Waals surface area contributed by atoms with Crippen molar-refractivity contribution in [2.75, 3.05) is 13.1 Å². The lowest BCUT2D eigenvalue weighted by Crippen LogP contribution is -2.54. The predicted molar refractivity (Wildman–Crippen MR) is 107 cm³/mol. The van der Waals surface area contributed by atoms with Crippen LogP contribution >= 0.6 is 0 Å². The highest BCUT2D eigenvalue weighted by atomic mass is 15.2. The first-order chi connectivity index (χ1) is 11.6. The Morgan fingerprint density at radius 3 is 1.67 bits per heavy atom. The molecule has 0 aromatic heterocycles. The summed E-state index contributed by atoms with van der Waals surface area (Å²) in [4.78, 5) is 3.00. The maximum Gasteiger partial charge on any atom is 0.0204 e. The molecule has 2 aliphatic rings. The quantitative estimate of drug-likeness (QED) is 0.436. The third-order valence-corrected chi connectivity index (χ3v) is 7.63. The van der Waals surface area contributed by atoms with Crippen LogP contribution in [0.2, 0.25) is 0 Å².